The highest BCUT2D eigenvalue weighted by molar-refractivity contribution is 5.98. The zero-order valence-corrected chi connectivity index (χ0v) is 28.2. The molecule has 0 spiro atoms. The first-order chi connectivity index (χ1) is 25.0. The van der Waals surface area contributed by atoms with Crippen LogP contribution in [-0.2, 0) is 13.2 Å². The van der Waals surface area contributed by atoms with E-state index in [4.69, 9.17) is 18.9 Å². The van der Waals surface area contributed by atoms with E-state index in [2.05, 4.69) is 31.1 Å². The predicted molar refractivity (Wildman–Crippen MR) is 192 cm³/mol. The fourth-order valence-corrected chi connectivity index (χ4v) is 5.11. The summed E-state index contributed by atoms with van der Waals surface area (Å²) in [5.74, 6) is 1.57. The number of carbonyl (C=O) groups excluding carboxylic acids is 2. The van der Waals surface area contributed by atoms with Crippen LogP contribution in [0, 0.1) is 0 Å². The first-order valence-corrected chi connectivity index (χ1v) is 16.3. The van der Waals surface area contributed by atoms with Crippen LogP contribution in [0.15, 0.2) is 130 Å². The molecule has 1 heterocycles. The van der Waals surface area contributed by atoms with E-state index in [1.54, 1.807) is 99.1 Å². The Hall–Kier alpha value is -6.56. The van der Waals surface area contributed by atoms with E-state index in [1.165, 1.54) is 0 Å². The third-order valence-corrected chi connectivity index (χ3v) is 7.83. The summed E-state index contributed by atoms with van der Waals surface area (Å²) in [7, 11) is 3.20. The molecule has 5 aromatic rings. The van der Waals surface area contributed by atoms with Crippen molar-refractivity contribution >= 4 is 34.6 Å². The topological polar surface area (TPSA) is 145 Å². The molecule has 2 bridgehead atoms. The Balaban J connectivity index is 1.21. The maximum absolute atomic E-state index is 13.4. The van der Waals surface area contributed by atoms with Crippen molar-refractivity contribution in [3.05, 3.63) is 131 Å². The van der Waals surface area contributed by atoms with Gasteiger partial charge in [0.05, 0.1) is 48.1 Å². The van der Waals surface area contributed by atoms with Crippen molar-refractivity contribution in [2.75, 3.05) is 27.3 Å². The number of ether oxygens (including phenoxy) is 4. The first kappa shape index (κ1) is 34.3. The lowest BCUT2D eigenvalue weighted by atomic mass is 10.1. The Morgan fingerprint density at radius 2 is 0.941 bits per heavy atom. The van der Waals surface area contributed by atoms with Gasteiger partial charge in [0.15, 0.2) is 0 Å². The lowest BCUT2D eigenvalue weighted by Crippen LogP contribution is -2.30. The van der Waals surface area contributed by atoms with Crippen molar-refractivity contribution in [3.63, 3.8) is 0 Å². The van der Waals surface area contributed by atoms with Crippen molar-refractivity contribution in [1.29, 1.82) is 0 Å². The van der Waals surface area contributed by atoms with Gasteiger partial charge < -0.3 is 29.6 Å². The van der Waals surface area contributed by atoms with Crippen molar-refractivity contribution in [2.24, 2.45) is 20.5 Å². The Morgan fingerprint density at radius 1 is 0.529 bits per heavy atom. The van der Waals surface area contributed by atoms with Crippen LogP contribution in [0.3, 0.4) is 0 Å². The highest BCUT2D eigenvalue weighted by atomic mass is 16.5. The van der Waals surface area contributed by atoms with Crippen LogP contribution in [0.5, 0.6) is 23.0 Å². The molecule has 51 heavy (non-hydrogen) atoms. The smallest absolute Gasteiger partial charge is 0.255 e. The molecule has 0 aromatic heterocycles. The van der Waals surface area contributed by atoms with Crippen LogP contribution < -0.4 is 29.6 Å². The number of carbonyl (C=O) groups is 2. The lowest BCUT2D eigenvalue weighted by Gasteiger charge is -2.15. The van der Waals surface area contributed by atoms with E-state index >= 15 is 0 Å². The summed E-state index contributed by atoms with van der Waals surface area (Å²) < 4.78 is 22.7. The molecule has 12 nitrogen and oxygen atoms in total. The zero-order valence-electron chi connectivity index (χ0n) is 28.2. The van der Waals surface area contributed by atoms with Crippen LogP contribution >= 0.6 is 0 Å². The number of fused-ring (bicyclic) bond motifs is 4. The van der Waals surface area contributed by atoms with Crippen molar-refractivity contribution in [1.82, 2.24) is 10.6 Å². The van der Waals surface area contributed by atoms with Crippen LogP contribution in [0.4, 0.5) is 22.7 Å². The highest BCUT2D eigenvalue weighted by Crippen LogP contribution is 2.30. The van der Waals surface area contributed by atoms with Gasteiger partial charge in [-0.2, -0.15) is 20.5 Å². The summed E-state index contributed by atoms with van der Waals surface area (Å²) in [5, 5.41) is 23.1. The summed E-state index contributed by atoms with van der Waals surface area (Å²) in [4.78, 5) is 26.9. The molecule has 0 unspecified atom stereocenters. The molecule has 2 amide bonds. The molecule has 5 aromatic carbocycles. The molecule has 0 aliphatic carbocycles. The lowest BCUT2D eigenvalue weighted by molar-refractivity contribution is 0.0947. The molecule has 258 valence electrons. The fourth-order valence-electron chi connectivity index (χ4n) is 5.11. The molecule has 1 aliphatic heterocycles. The largest absolute Gasteiger partial charge is 0.497 e. The minimum Gasteiger partial charge on any atom is -0.497 e. The summed E-state index contributed by atoms with van der Waals surface area (Å²) >= 11 is 0. The second-order valence-electron chi connectivity index (χ2n) is 11.4. The standard InChI is InChI=1S/C39H36N6O6/c1-48-32-13-7-28(8-14-32)42-44-30-11-17-36-34(22-30)38(46)40-19-4-20-41-39(47)35-23-31(45-43-29-9-15-33(49-2)16-10-29)12-18-37(35)51-25-27-6-3-5-26(21-27)24-50-36/h3,5-18,21-23H,4,19-20,24-25H2,1-2H3,(H,40,46)(H,41,47). The Labute approximate surface area is 295 Å². The van der Waals surface area contributed by atoms with Gasteiger partial charge in [-0.1, -0.05) is 18.2 Å². The van der Waals surface area contributed by atoms with Gasteiger partial charge >= 0.3 is 0 Å². The van der Waals surface area contributed by atoms with Gasteiger partial charge in [0.1, 0.15) is 36.2 Å². The number of benzene rings is 5. The van der Waals surface area contributed by atoms with Gasteiger partial charge in [-0.25, -0.2) is 0 Å². The molecule has 6 rings (SSSR count). The Morgan fingerprint density at radius 3 is 1.37 bits per heavy atom. The molecule has 0 radical (unpaired) electrons. The van der Waals surface area contributed by atoms with Gasteiger partial charge in [0.25, 0.3) is 11.8 Å². The summed E-state index contributed by atoms with van der Waals surface area (Å²) in [5.41, 5.74) is 4.62. The molecule has 2 N–H and O–H groups in total. The number of rotatable bonds is 6. The Bertz CT molecular complexity index is 1900. The maximum Gasteiger partial charge on any atom is 0.255 e. The molecule has 12 heteroatoms. The van der Waals surface area contributed by atoms with Crippen LogP contribution in [-0.4, -0.2) is 39.1 Å². The van der Waals surface area contributed by atoms with Crippen molar-refractivity contribution in [3.8, 4) is 23.0 Å². The summed E-state index contributed by atoms with van der Waals surface area (Å²) in [6, 6.07) is 32.3. The van der Waals surface area contributed by atoms with Crippen LogP contribution in [0.1, 0.15) is 38.3 Å². The monoisotopic (exact) mass is 684 g/mol. The molecule has 0 saturated heterocycles. The van der Waals surface area contributed by atoms with Gasteiger partial charge in [-0.15, -0.1) is 0 Å². The van der Waals surface area contributed by atoms with Crippen molar-refractivity contribution < 1.29 is 28.5 Å². The van der Waals surface area contributed by atoms with Gasteiger partial charge in [0, 0.05) is 13.1 Å². The molecule has 1 aliphatic rings. The fraction of sp³-hybridized carbons (Fsp3) is 0.179. The number of azo groups is 2. The molecule has 0 atom stereocenters. The number of nitrogens with one attached hydrogen (secondary N) is 2. The third-order valence-electron chi connectivity index (χ3n) is 7.83. The second kappa shape index (κ2) is 16.7. The quantitative estimate of drug-likeness (QED) is 0.172. The van der Waals surface area contributed by atoms with Crippen LogP contribution in [0.2, 0.25) is 0 Å². The van der Waals surface area contributed by atoms with E-state index in [0.29, 0.717) is 76.4 Å². The van der Waals surface area contributed by atoms with Gasteiger partial charge in [0.2, 0.25) is 0 Å². The third kappa shape index (κ3) is 9.33. The minimum atomic E-state index is -0.335. The van der Waals surface area contributed by atoms with Crippen molar-refractivity contribution in [2.45, 2.75) is 19.6 Å². The maximum atomic E-state index is 13.4. The van der Waals surface area contributed by atoms with E-state index in [9.17, 15) is 9.59 Å². The molecule has 0 saturated carbocycles. The van der Waals surface area contributed by atoms with E-state index in [-0.39, 0.29) is 25.0 Å². The van der Waals surface area contributed by atoms with Gasteiger partial charge in [-0.3, -0.25) is 9.59 Å². The molecule has 0 fully saturated rings. The normalized spacial score (nSPS) is 13.8. The predicted octanol–water partition coefficient (Wildman–Crippen LogP) is 8.56. The Kier molecular flexibility index (Phi) is 11.2. The SMILES string of the molecule is COc1ccc(N=Nc2ccc3c(c2)C(=O)NCCCNC(=O)c2cc(N=Nc4ccc(OC)cc4)ccc2OCc2cccc(c2)CO3)cc1. The molecular formula is C39H36N6O6. The number of amides is 2. The van der Waals surface area contributed by atoms with Gasteiger partial charge in [-0.05, 0) is 109 Å². The van der Waals surface area contributed by atoms with Crippen LogP contribution in [0.25, 0.3) is 0 Å². The average Bonchev–Trinajstić information content (AvgIpc) is 3.17. The zero-order chi connectivity index (χ0) is 35.4. The minimum absolute atomic E-state index is 0.211. The average molecular weight is 685 g/mol. The highest BCUT2D eigenvalue weighted by Gasteiger charge is 2.17. The number of methoxy groups -OCH3 is 2. The molecular weight excluding hydrogens is 648 g/mol. The van der Waals surface area contributed by atoms with E-state index < -0.39 is 0 Å². The number of nitrogens with zero attached hydrogens (tertiary/aromatic N) is 4. The number of hydrogen-bond acceptors (Lipinski definition) is 10. The van der Waals surface area contributed by atoms with E-state index in [0.717, 1.165) is 11.1 Å². The number of hydrogen-bond donors (Lipinski definition) is 2. The summed E-state index contributed by atoms with van der Waals surface area (Å²) in [6.07, 6.45) is 0.474. The first-order valence-electron chi connectivity index (χ1n) is 16.3. The second-order valence-corrected chi connectivity index (χ2v) is 11.4. The van der Waals surface area contributed by atoms with E-state index in [1.807, 2.05) is 24.3 Å². The summed E-state index contributed by atoms with van der Waals surface area (Å²) in [6.45, 7) is 1.03.